The number of hydrogen-bond acceptors (Lipinski definition) is 5. The molecule has 5 nitrogen and oxygen atoms in total. The normalized spacial score (nSPS) is 10.3. The Morgan fingerprint density at radius 3 is 3.00 bits per heavy atom. The van der Waals surface area contributed by atoms with Crippen LogP contribution in [0.1, 0.15) is 5.89 Å². The number of nitrogens with zero attached hydrogens (tertiary/aromatic N) is 2. The first-order valence-electron chi connectivity index (χ1n) is 4.50. The summed E-state index contributed by atoms with van der Waals surface area (Å²) in [5, 5.41) is 3.81. The summed E-state index contributed by atoms with van der Waals surface area (Å²) in [6, 6.07) is 7.44. The minimum Gasteiger partial charge on any atom is -0.497 e. The minimum atomic E-state index is 0.247. The average Bonchev–Trinajstić information content (AvgIpc) is 2.78. The fourth-order valence-electron chi connectivity index (χ4n) is 1.22. The van der Waals surface area contributed by atoms with Crippen molar-refractivity contribution < 1.29 is 9.26 Å². The Morgan fingerprint density at radius 2 is 2.33 bits per heavy atom. The van der Waals surface area contributed by atoms with Gasteiger partial charge in [0.05, 0.1) is 13.7 Å². The van der Waals surface area contributed by atoms with Crippen molar-refractivity contribution in [2.24, 2.45) is 5.73 Å². The third-order valence-electron chi connectivity index (χ3n) is 1.97. The third-order valence-corrected chi connectivity index (χ3v) is 1.97. The van der Waals surface area contributed by atoms with E-state index in [4.69, 9.17) is 15.0 Å². The van der Waals surface area contributed by atoms with Gasteiger partial charge in [0, 0.05) is 5.56 Å². The minimum absolute atomic E-state index is 0.247. The number of rotatable bonds is 3. The predicted octanol–water partition coefficient (Wildman–Crippen LogP) is 1.20. The number of benzene rings is 1. The first-order valence-corrected chi connectivity index (χ1v) is 4.50. The summed E-state index contributed by atoms with van der Waals surface area (Å²) in [6.45, 7) is 0.247. The van der Waals surface area contributed by atoms with Crippen LogP contribution >= 0.6 is 0 Å². The molecule has 0 saturated heterocycles. The molecule has 0 amide bonds. The zero-order chi connectivity index (χ0) is 10.7. The monoisotopic (exact) mass is 205 g/mol. The van der Waals surface area contributed by atoms with Crippen molar-refractivity contribution in [2.75, 3.05) is 7.11 Å². The van der Waals surface area contributed by atoms with Crippen LogP contribution in [0.15, 0.2) is 28.8 Å². The second-order valence-corrected chi connectivity index (χ2v) is 2.95. The van der Waals surface area contributed by atoms with E-state index in [9.17, 15) is 0 Å². The molecule has 2 aromatic rings. The molecule has 0 fully saturated rings. The number of ether oxygens (including phenoxy) is 1. The van der Waals surface area contributed by atoms with Crippen molar-refractivity contribution in [2.45, 2.75) is 6.54 Å². The lowest BCUT2D eigenvalue weighted by Crippen LogP contribution is -1.95. The first-order chi connectivity index (χ1) is 7.33. The Bertz CT molecular complexity index is 453. The summed E-state index contributed by atoms with van der Waals surface area (Å²) in [4.78, 5) is 4.12. The van der Waals surface area contributed by atoms with Crippen molar-refractivity contribution in [3.63, 3.8) is 0 Å². The Hall–Kier alpha value is -1.88. The van der Waals surface area contributed by atoms with E-state index in [0.29, 0.717) is 11.7 Å². The van der Waals surface area contributed by atoms with Gasteiger partial charge in [-0.15, -0.1) is 0 Å². The van der Waals surface area contributed by atoms with Gasteiger partial charge in [-0.2, -0.15) is 4.98 Å². The molecule has 5 heteroatoms. The van der Waals surface area contributed by atoms with Crippen LogP contribution < -0.4 is 10.5 Å². The molecule has 78 valence electrons. The van der Waals surface area contributed by atoms with Crippen molar-refractivity contribution in [1.82, 2.24) is 10.1 Å². The van der Waals surface area contributed by atoms with Crippen molar-refractivity contribution in [3.8, 4) is 17.1 Å². The van der Waals surface area contributed by atoms with E-state index >= 15 is 0 Å². The van der Waals surface area contributed by atoms with E-state index in [0.717, 1.165) is 11.3 Å². The summed E-state index contributed by atoms with van der Waals surface area (Å²) >= 11 is 0. The lowest BCUT2D eigenvalue weighted by atomic mass is 10.2. The number of methoxy groups -OCH3 is 1. The molecular weight excluding hydrogens is 194 g/mol. The molecule has 0 bridgehead atoms. The van der Waals surface area contributed by atoms with Crippen LogP contribution in [0.4, 0.5) is 0 Å². The van der Waals surface area contributed by atoms with Gasteiger partial charge in [0.15, 0.2) is 0 Å². The van der Waals surface area contributed by atoms with Gasteiger partial charge in [0.2, 0.25) is 11.7 Å². The molecule has 1 heterocycles. The fraction of sp³-hybridized carbons (Fsp3) is 0.200. The van der Waals surface area contributed by atoms with E-state index in [1.165, 1.54) is 0 Å². The van der Waals surface area contributed by atoms with Crippen molar-refractivity contribution in [1.29, 1.82) is 0 Å². The van der Waals surface area contributed by atoms with Gasteiger partial charge in [-0.3, -0.25) is 0 Å². The van der Waals surface area contributed by atoms with E-state index in [1.54, 1.807) is 7.11 Å². The van der Waals surface area contributed by atoms with E-state index in [2.05, 4.69) is 10.1 Å². The number of hydrogen-bond donors (Lipinski definition) is 1. The standard InChI is InChI=1S/C10H11N3O2/c1-14-8-4-2-3-7(5-8)10-12-9(6-11)15-13-10/h2-5H,6,11H2,1H3. The topological polar surface area (TPSA) is 74.2 Å². The van der Waals surface area contributed by atoms with Gasteiger partial charge < -0.3 is 15.0 Å². The van der Waals surface area contributed by atoms with Crippen LogP contribution in [0, 0.1) is 0 Å². The van der Waals surface area contributed by atoms with E-state index < -0.39 is 0 Å². The van der Waals surface area contributed by atoms with Gasteiger partial charge in [-0.05, 0) is 12.1 Å². The number of aromatic nitrogens is 2. The Morgan fingerprint density at radius 1 is 1.47 bits per heavy atom. The molecule has 0 unspecified atom stereocenters. The summed E-state index contributed by atoms with van der Waals surface area (Å²) in [5.74, 6) is 1.70. The molecule has 0 radical (unpaired) electrons. The molecule has 2 rings (SSSR count). The van der Waals surface area contributed by atoms with Gasteiger partial charge in [-0.25, -0.2) is 0 Å². The third kappa shape index (κ3) is 1.97. The van der Waals surface area contributed by atoms with Crippen LogP contribution in [0.3, 0.4) is 0 Å². The maximum absolute atomic E-state index is 5.38. The molecule has 0 aliphatic heterocycles. The molecular formula is C10H11N3O2. The van der Waals surface area contributed by atoms with E-state index in [-0.39, 0.29) is 6.54 Å². The van der Waals surface area contributed by atoms with Crippen LogP contribution in [-0.2, 0) is 6.54 Å². The van der Waals surface area contributed by atoms with Crippen LogP contribution in [0.2, 0.25) is 0 Å². The van der Waals surface area contributed by atoms with Crippen molar-refractivity contribution >= 4 is 0 Å². The van der Waals surface area contributed by atoms with Crippen LogP contribution in [0.25, 0.3) is 11.4 Å². The summed E-state index contributed by atoms with van der Waals surface area (Å²) < 4.78 is 10.0. The lowest BCUT2D eigenvalue weighted by molar-refractivity contribution is 0.380. The van der Waals surface area contributed by atoms with Crippen LogP contribution in [0.5, 0.6) is 5.75 Å². The summed E-state index contributed by atoms with van der Waals surface area (Å²) in [6.07, 6.45) is 0. The Kier molecular flexibility index (Phi) is 2.64. The van der Waals surface area contributed by atoms with Crippen LogP contribution in [-0.4, -0.2) is 17.3 Å². The van der Waals surface area contributed by atoms with Crippen molar-refractivity contribution in [3.05, 3.63) is 30.2 Å². The predicted molar refractivity (Wildman–Crippen MR) is 54.2 cm³/mol. The molecule has 2 N–H and O–H groups in total. The Labute approximate surface area is 86.9 Å². The SMILES string of the molecule is COc1cccc(-c2noc(CN)n2)c1. The van der Waals surface area contributed by atoms with Gasteiger partial charge in [0.25, 0.3) is 0 Å². The Balaban J connectivity index is 2.35. The second-order valence-electron chi connectivity index (χ2n) is 2.95. The highest BCUT2D eigenvalue weighted by Gasteiger charge is 2.07. The molecule has 0 aliphatic carbocycles. The smallest absolute Gasteiger partial charge is 0.240 e. The largest absolute Gasteiger partial charge is 0.497 e. The zero-order valence-corrected chi connectivity index (χ0v) is 8.30. The molecule has 1 aromatic carbocycles. The summed E-state index contributed by atoms with van der Waals surface area (Å²) in [5.41, 5.74) is 6.22. The second kappa shape index (κ2) is 4.10. The molecule has 0 atom stereocenters. The maximum atomic E-state index is 5.38. The van der Waals surface area contributed by atoms with Gasteiger partial charge >= 0.3 is 0 Å². The molecule has 1 aromatic heterocycles. The number of nitrogens with two attached hydrogens (primary N) is 1. The molecule has 0 spiro atoms. The average molecular weight is 205 g/mol. The van der Waals surface area contributed by atoms with E-state index in [1.807, 2.05) is 24.3 Å². The fourth-order valence-corrected chi connectivity index (χ4v) is 1.22. The highest BCUT2D eigenvalue weighted by atomic mass is 16.5. The quantitative estimate of drug-likeness (QED) is 0.815. The summed E-state index contributed by atoms with van der Waals surface area (Å²) in [7, 11) is 1.61. The highest BCUT2D eigenvalue weighted by molar-refractivity contribution is 5.56. The first kappa shape index (κ1) is 9.67. The molecule has 0 aliphatic rings. The highest BCUT2D eigenvalue weighted by Crippen LogP contribution is 2.20. The molecule has 0 saturated carbocycles. The van der Waals surface area contributed by atoms with Gasteiger partial charge in [0.1, 0.15) is 5.75 Å². The zero-order valence-electron chi connectivity index (χ0n) is 8.30. The van der Waals surface area contributed by atoms with Gasteiger partial charge in [-0.1, -0.05) is 17.3 Å². The maximum Gasteiger partial charge on any atom is 0.240 e. The lowest BCUT2D eigenvalue weighted by Gasteiger charge is -1.99. The molecule has 15 heavy (non-hydrogen) atoms.